The minimum Gasteiger partial charge on any atom is -0.471 e. The molecule has 0 aromatic heterocycles. The van der Waals surface area contributed by atoms with E-state index in [9.17, 15) is 4.79 Å². The molecule has 5 nitrogen and oxygen atoms in total. The third kappa shape index (κ3) is 5.03. The van der Waals surface area contributed by atoms with E-state index in [0.717, 1.165) is 24.4 Å². The molecule has 0 bridgehead atoms. The van der Waals surface area contributed by atoms with E-state index in [1.165, 1.54) is 16.8 Å². The van der Waals surface area contributed by atoms with Gasteiger partial charge in [0.05, 0.1) is 0 Å². The predicted molar refractivity (Wildman–Crippen MR) is 119 cm³/mol. The van der Waals surface area contributed by atoms with Gasteiger partial charge < -0.3 is 19.9 Å². The van der Waals surface area contributed by atoms with Crippen LogP contribution in [0.1, 0.15) is 43.4 Å². The molecular formula is C24H33N3O2. The van der Waals surface area contributed by atoms with E-state index < -0.39 is 0 Å². The number of urea groups is 1. The molecule has 0 aliphatic carbocycles. The van der Waals surface area contributed by atoms with Gasteiger partial charge >= 0.3 is 6.03 Å². The fourth-order valence-electron chi connectivity index (χ4n) is 3.78. The number of nitrogens with zero attached hydrogens (tertiary/aromatic N) is 2. The zero-order valence-electron chi connectivity index (χ0n) is 18.2. The summed E-state index contributed by atoms with van der Waals surface area (Å²) in [5, 5.41) is 2.99. The predicted octanol–water partition coefficient (Wildman–Crippen LogP) is 4.68. The highest BCUT2D eigenvalue weighted by atomic mass is 16.5. The quantitative estimate of drug-likeness (QED) is 0.748. The lowest BCUT2D eigenvalue weighted by Crippen LogP contribution is -2.54. The number of ether oxygens (including phenoxy) is 1. The van der Waals surface area contributed by atoms with Gasteiger partial charge in [0, 0.05) is 31.9 Å². The Labute approximate surface area is 174 Å². The molecule has 156 valence electrons. The summed E-state index contributed by atoms with van der Waals surface area (Å²) in [6, 6.07) is 14.3. The van der Waals surface area contributed by atoms with Crippen molar-refractivity contribution in [3.05, 3.63) is 59.2 Å². The minimum atomic E-state index is -0.389. The molecule has 2 aromatic rings. The maximum atomic E-state index is 12.7. The maximum Gasteiger partial charge on any atom is 0.320 e. The first kappa shape index (κ1) is 21.0. The normalized spacial score (nSPS) is 15.4. The van der Waals surface area contributed by atoms with Crippen LogP contribution in [0.5, 0.6) is 5.75 Å². The van der Waals surface area contributed by atoms with Gasteiger partial charge in [-0.1, -0.05) is 44.2 Å². The topological polar surface area (TPSA) is 44.8 Å². The molecule has 1 N–H and O–H groups in total. The van der Waals surface area contributed by atoms with Crippen LogP contribution in [-0.4, -0.2) is 43.3 Å². The molecule has 0 radical (unpaired) electrons. The number of hydrogen-bond acceptors (Lipinski definition) is 3. The zero-order chi connectivity index (χ0) is 21.0. The fraction of sp³-hybridized carbons (Fsp3) is 0.458. The number of rotatable bonds is 5. The van der Waals surface area contributed by atoms with Gasteiger partial charge in [0.2, 0.25) is 0 Å². The van der Waals surface area contributed by atoms with Crippen molar-refractivity contribution < 1.29 is 9.53 Å². The highest BCUT2D eigenvalue weighted by Crippen LogP contribution is 2.27. The number of nitrogens with one attached hydrogen (secondary N) is 1. The van der Waals surface area contributed by atoms with Gasteiger partial charge in [-0.2, -0.15) is 0 Å². The molecule has 5 heteroatoms. The minimum absolute atomic E-state index is 0.0693. The van der Waals surface area contributed by atoms with Crippen LogP contribution in [0.25, 0.3) is 0 Å². The van der Waals surface area contributed by atoms with Crippen LogP contribution in [0.15, 0.2) is 42.5 Å². The highest BCUT2D eigenvalue weighted by Gasteiger charge is 2.23. The van der Waals surface area contributed by atoms with Gasteiger partial charge in [-0.05, 0) is 55.5 Å². The number of carbonyl (C=O) groups is 1. The van der Waals surface area contributed by atoms with Crippen LogP contribution in [0.4, 0.5) is 10.5 Å². The SMILES string of the molecule is Cc1cccc(N2CCN(C(=O)NC(C)Oc3ccccc3C(C)C)CC2)c1C. The van der Waals surface area contributed by atoms with Crippen molar-refractivity contribution in [2.24, 2.45) is 0 Å². The largest absolute Gasteiger partial charge is 0.471 e. The molecule has 1 heterocycles. The Morgan fingerprint density at radius 3 is 2.34 bits per heavy atom. The standard InChI is InChI=1S/C24H33N3O2/c1-17(2)21-10-6-7-12-23(21)29-20(5)25-24(28)27-15-13-26(14-16-27)22-11-8-9-18(3)19(22)4/h6-12,17,20H,13-16H2,1-5H3,(H,25,28). The van der Waals surface area contributed by atoms with Crippen LogP contribution >= 0.6 is 0 Å². The summed E-state index contributed by atoms with van der Waals surface area (Å²) in [4.78, 5) is 16.9. The van der Waals surface area contributed by atoms with Gasteiger partial charge in [0.15, 0.2) is 6.23 Å². The number of amides is 2. The summed E-state index contributed by atoms with van der Waals surface area (Å²) in [5.74, 6) is 1.20. The second-order valence-electron chi connectivity index (χ2n) is 8.10. The summed E-state index contributed by atoms with van der Waals surface area (Å²) in [6.45, 7) is 13.5. The first-order valence-electron chi connectivity index (χ1n) is 10.5. The molecule has 1 fully saturated rings. The molecule has 1 saturated heterocycles. The third-order valence-corrected chi connectivity index (χ3v) is 5.66. The van der Waals surface area contributed by atoms with E-state index in [4.69, 9.17) is 4.74 Å². The summed E-state index contributed by atoms with van der Waals surface area (Å²) in [7, 11) is 0. The second kappa shape index (κ2) is 9.21. The summed E-state index contributed by atoms with van der Waals surface area (Å²) in [5.41, 5.74) is 5.04. The van der Waals surface area contributed by atoms with Crippen LogP contribution < -0.4 is 15.0 Å². The van der Waals surface area contributed by atoms with E-state index in [-0.39, 0.29) is 12.3 Å². The monoisotopic (exact) mass is 395 g/mol. The fourth-order valence-corrected chi connectivity index (χ4v) is 3.78. The molecule has 1 aliphatic rings. The lowest BCUT2D eigenvalue weighted by atomic mass is 10.0. The Balaban J connectivity index is 1.54. The molecule has 0 spiro atoms. The maximum absolute atomic E-state index is 12.7. The average Bonchev–Trinajstić information content (AvgIpc) is 2.70. The Morgan fingerprint density at radius 1 is 0.966 bits per heavy atom. The Kier molecular flexibility index (Phi) is 6.68. The van der Waals surface area contributed by atoms with E-state index in [0.29, 0.717) is 19.0 Å². The van der Waals surface area contributed by atoms with Crippen LogP contribution in [0, 0.1) is 13.8 Å². The molecule has 1 atom stereocenters. The molecule has 1 unspecified atom stereocenters. The van der Waals surface area contributed by atoms with Crippen molar-refractivity contribution in [3.8, 4) is 5.75 Å². The van der Waals surface area contributed by atoms with Crippen LogP contribution in [0.2, 0.25) is 0 Å². The van der Waals surface area contributed by atoms with E-state index >= 15 is 0 Å². The van der Waals surface area contributed by atoms with E-state index in [1.54, 1.807) is 0 Å². The van der Waals surface area contributed by atoms with E-state index in [1.807, 2.05) is 30.0 Å². The van der Waals surface area contributed by atoms with Crippen molar-refractivity contribution in [3.63, 3.8) is 0 Å². The summed E-state index contributed by atoms with van der Waals surface area (Å²) < 4.78 is 6.02. The molecule has 2 amide bonds. The number of benzene rings is 2. The summed E-state index contributed by atoms with van der Waals surface area (Å²) >= 11 is 0. The number of hydrogen-bond donors (Lipinski definition) is 1. The van der Waals surface area contributed by atoms with Gasteiger partial charge in [0.25, 0.3) is 0 Å². The Hall–Kier alpha value is -2.69. The smallest absolute Gasteiger partial charge is 0.320 e. The number of carbonyl (C=O) groups excluding carboxylic acids is 1. The van der Waals surface area contributed by atoms with Crippen molar-refractivity contribution in [2.75, 3.05) is 31.1 Å². The number of para-hydroxylation sites is 1. The molecule has 0 saturated carbocycles. The number of piperazine rings is 1. The average molecular weight is 396 g/mol. The van der Waals surface area contributed by atoms with Gasteiger partial charge in [-0.3, -0.25) is 0 Å². The van der Waals surface area contributed by atoms with Crippen molar-refractivity contribution in [1.29, 1.82) is 0 Å². The lowest BCUT2D eigenvalue weighted by Gasteiger charge is -2.37. The molecule has 29 heavy (non-hydrogen) atoms. The zero-order valence-corrected chi connectivity index (χ0v) is 18.2. The summed E-state index contributed by atoms with van der Waals surface area (Å²) in [6.07, 6.45) is -0.389. The lowest BCUT2D eigenvalue weighted by molar-refractivity contribution is 0.150. The Morgan fingerprint density at radius 2 is 1.66 bits per heavy atom. The van der Waals surface area contributed by atoms with Crippen molar-refractivity contribution >= 4 is 11.7 Å². The van der Waals surface area contributed by atoms with Crippen molar-refractivity contribution in [1.82, 2.24) is 10.2 Å². The van der Waals surface area contributed by atoms with Gasteiger partial charge in [-0.25, -0.2) is 4.79 Å². The molecular weight excluding hydrogens is 362 g/mol. The molecule has 1 aliphatic heterocycles. The van der Waals surface area contributed by atoms with Crippen LogP contribution in [-0.2, 0) is 0 Å². The number of aryl methyl sites for hydroxylation is 1. The van der Waals surface area contributed by atoms with Gasteiger partial charge in [-0.15, -0.1) is 0 Å². The van der Waals surface area contributed by atoms with Gasteiger partial charge in [0.1, 0.15) is 5.75 Å². The number of anilines is 1. The third-order valence-electron chi connectivity index (χ3n) is 5.66. The molecule has 2 aromatic carbocycles. The first-order chi connectivity index (χ1) is 13.9. The van der Waals surface area contributed by atoms with Crippen molar-refractivity contribution in [2.45, 2.75) is 46.8 Å². The second-order valence-corrected chi connectivity index (χ2v) is 8.10. The molecule has 3 rings (SSSR count). The van der Waals surface area contributed by atoms with Crippen LogP contribution in [0.3, 0.4) is 0 Å². The highest BCUT2D eigenvalue weighted by molar-refractivity contribution is 5.75. The first-order valence-corrected chi connectivity index (χ1v) is 10.5. The Bertz CT molecular complexity index is 842. The van der Waals surface area contributed by atoms with E-state index in [2.05, 4.69) is 62.2 Å².